The van der Waals surface area contributed by atoms with Crippen molar-refractivity contribution in [3.63, 3.8) is 0 Å². The van der Waals surface area contributed by atoms with Crippen molar-refractivity contribution >= 4 is 17.5 Å². The fraction of sp³-hybridized carbons (Fsp3) is 0.722. The molecule has 126 valence electrons. The zero-order valence-electron chi connectivity index (χ0n) is 13.8. The van der Waals surface area contributed by atoms with E-state index in [0.29, 0.717) is 6.42 Å². The Morgan fingerprint density at radius 3 is 2.05 bits per heavy atom. The van der Waals surface area contributed by atoms with Crippen LogP contribution in [0.3, 0.4) is 0 Å². The van der Waals surface area contributed by atoms with Crippen molar-refractivity contribution in [2.75, 3.05) is 0 Å². The lowest BCUT2D eigenvalue weighted by molar-refractivity contribution is -0.137. The van der Waals surface area contributed by atoms with Gasteiger partial charge in [0.25, 0.3) is 0 Å². The molecule has 0 amide bonds. The minimum atomic E-state index is -0.723. The normalized spacial score (nSPS) is 11.0. The van der Waals surface area contributed by atoms with E-state index < -0.39 is 5.97 Å². The molecule has 0 aliphatic heterocycles. The van der Waals surface area contributed by atoms with E-state index in [2.05, 4.69) is 6.92 Å². The van der Waals surface area contributed by atoms with Gasteiger partial charge in [-0.2, -0.15) is 0 Å². The maximum atomic E-state index is 11.5. The first-order valence-electron chi connectivity index (χ1n) is 8.53. The number of rotatable bonds is 15. The molecule has 0 fully saturated rings. The average molecular weight is 310 g/mol. The second-order valence-electron chi connectivity index (χ2n) is 5.70. The van der Waals surface area contributed by atoms with Gasteiger partial charge in [0, 0.05) is 12.8 Å². The lowest BCUT2D eigenvalue weighted by Crippen LogP contribution is -2.10. The van der Waals surface area contributed by atoms with Gasteiger partial charge in [0.05, 0.1) is 0 Å². The highest BCUT2D eigenvalue weighted by Crippen LogP contribution is 2.09. The van der Waals surface area contributed by atoms with Crippen molar-refractivity contribution in [3.8, 4) is 0 Å². The zero-order chi connectivity index (χ0) is 16.6. The van der Waals surface area contributed by atoms with Gasteiger partial charge in [-0.3, -0.25) is 14.4 Å². The van der Waals surface area contributed by atoms with Gasteiger partial charge in [0.1, 0.15) is 0 Å². The van der Waals surface area contributed by atoms with Crippen LogP contribution in [0.2, 0.25) is 0 Å². The minimum Gasteiger partial charge on any atom is -0.481 e. The molecule has 0 bridgehead atoms. The summed E-state index contributed by atoms with van der Waals surface area (Å²) in [4.78, 5) is 33.3. The van der Waals surface area contributed by atoms with Crippen molar-refractivity contribution in [1.82, 2.24) is 0 Å². The summed E-state index contributed by atoms with van der Waals surface area (Å²) >= 11 is 0. The molecule has 0 aromatic rings. The lowest BCUT2D eigenvalue weighted by Gasteiger charge is -1.99. The smallest absolute Gasteiger partial charge is 0.303 e. The van der Waals surface area contributed by atoms with Gasteiger partial charge in [0.2, 0.25) is 11.6 Å². The first-order valence-corrected chi connectivity index (χ1v) is 8.53. The molecule has 0 saturated carbocycles. The number of Topliss-reactive ketones (excluding diaryl/α,β-unsaturated/α-hetero) is 1. The summed E-state index contributed by atoms with van der Waals surface area (Å²) in [6.45, 7) is 2.07. The Hall–Kier alpha value is -1.45. The Kier molecular flexibility index (Phi) is 13.5. The Balaban J connectivity index is 3.47. The fourth-order valence-corrected chi connectivity index (χ4v) is 2.19. The van der Waals surface area contributed by atoms with Gasteiger partial charge < -0.3 is 5.11 Å². The molecular formula is C18H30O4. The molecule has 0 aliphatic carbocycles. The third kappa shape index (κ3) is 13.5. The molecule has 4 heteroatoms. The van der Waals surface area contributed by atoms with Gasteiger partial charge in [-0.1, -0.05) is 51.5 Å². The van der Waals surface area contributed by atoms with Crippen LogP contribution in [0.15, 0.2) is 12.2 Å². The van der Waals surface area contributed by atoms with E-state index in [-0.39, 0.29) is 18.0 Å². The van der Waals surface area contributed by atoms with Gasteiger partial charge in [-0.25, -0.2) is 0 Å². The van der Waals surface area contributed by atoms with Crippen LogP contribution in [0.5, 0.6) is 0 Å². The van der Waals surface area contributed by atoms with E-state index in [1.807, 2.05) is 0 Å². The highest BCUT2D eigenvalue weighted by Gasteiger charge is 2.08. The lowest BCUT2D eigenvalue weighted by atomic mass is 10.1. The predicted molar refractivity (Wildman–Crippen MR) is 87.9 cm³/mol. The quantitative estimate of drug-likeness (QED) is 0.275. The number of hydrogen-bond donors (Lipinski definition) is 1. The van der Waals surface area contributed by atoms with Crippen molar-refractivity contribution in [2.24, 2.45) is 0 Å². The third-order valence-corrected chi connectivity index (χ3v) is 3.56. The molecule has 0 atom stereocenters. The molecule has 1 N–H and O–H groups in total. The van der Waals surface area contributed by atoms with Crippen LogP contribution in [-0.4, -0.2) is 22.6 Å². The van der Waals surface area contributed by atoms with E-state index in [1.165, 1.54) is 6.08 Å². The van der Waals surface area contributed by atoms with E-state index in [9.17, 15) is 14.4 Å². The molecule has 0 aliphatic rings. The van der Waals surface area contributed by atoms with Crippen molar-refractivity contribution < 1.29 is 19.5 Å². The molecule has 0 aromatic carbocycles. The maximum Gasteiger partial charge on any atom is 0.303 e. The van der Waals surface area contributed by atoms with Crippen LogP contribution < -0.4 is 0 Å². The molecular weight excluding hydrogens is 280 g/mol. The number of unbranched alkanes of at least 4 members (excludes halogenated alkanes) is 8. The molecule has 0 saturated heterocycles. The van der Waals surface area contributed by atoms with Crippen LogP contribution >= 0.6 is 0 Å². The molecule has 0 unspecified atom stereocenters. The Morgan fingerprint density at radius 2 is 1.41 bits per heavy atom. The fourth-order valence-electron chi connectivity index (χ4n) is 2.19. The summed E-state index contributed by atoms with van der Waals surface area (Å²) in [5.41, 5.74) is 0. The highest BCUT2D eigenvalue weighted by atomic mass is 16.4. The van der Waals surface area contributed by atoms with Crippen molar-refractivity contribution in [3.05, 3.63) is 12.2 Å². The van der Waals surface area contributed by atoms with Crippen LogP contribution in [-0.2, 0) is 14.4 Å². The second-order valence-corrected chi connectivity index (χ2v) is 5.70. The molecule has 0 spiro atoms. The number of carbonyl (C=O) groups excluding carboxylic acids is 2. The Morgan fingerprint density at radius 1 is 0.818 bits per heavy atom. The monoisotopic (exact) mass is 310 g/mol. The van der Waals surface area contributed by atoms with Gasteiger partial charge in [0.15, 0.2) is 0 Å². The van der Waals surface area contributed by atoms with Crippen molar-refractivity contribution in [2.45, 2.75) is 84.0 Å². The third-order valence-electron chi connectivity index (χ3n) is 3.56. The summed E-state index contributed by atoms with van der Waals surface area (Å²) in [5, 5.41) is 8.50. The van der Waals surface area contributed by atoms with Crippen LogP contribution in [0.4, 0.5) is 0 Å². The summed E-state index contributed by atoms with van der Waals surface area (Å²) in [6.07, 6.45) is 13.5. The maximum absolute atomic E-state index is 11.5. The minimum absolute atomic E-state index is 0.261. The molecule has 0 aromatic heterocycles. The Bertz CT molecular complexity index is 358. The number of hydrogen-bond acceptors (Lipinski definition) is 3. The summed E-state index contributed by atoms with van der Waals surface area (Å²) in [5.74, 6) is -1.37. The second kappa shape index (κ2) is 14.5. The largest absolute Gasteiger partial charge is 0.481 e. The first kappa shape index (κ1) is 20.6. The first-order chi connectivity index (χ1) is 10.6. The zero-order valence-corrected chi connectivity index (χ0v) is 13.8. The number of ketones is 2. The van der Waals surface area contributed by atoms with E-state index in [1.54, 1.807) is 6.08 Å². The summed E-state index contributed by atoms with van der Waals surface area (Å²) < 4.78 is 0. The summed E-state index contributed by atoms with van der Waals surface area (Å²) in [6, 6.07) is 0. The number of aliphatic carboxylic acids is 1. The van der Waals surface area contributed by atoms with Gasteiger partial charge in [-0.15, -0.1) is 0 Å². The molecule has 0 heterocycles. The predicted octanol–water partition coefficient (Wildman–Crippen LogP) is 4.47. The topological polar surface area (TPSA) is 71.4 Å². The van der Waals surface area contributed by atoms with Gasteiger partial charge >= 0.3 is 5.97 Å². The summed E-state index contributed by atoms with van der Waals surface area (Å²) in [7, 11) is 0. The van der Waals surface area contributed by atoms with E-state index >= 15 is 0 Å². The molecule has 4 nitrogen and oxygen atoms in total. The van der Waals surface area contributed by atoms with Crippen LogP contribution in [0.1, 0.15) is 84.0 Å². The molecule has 0 rings (SSSR count). The van der Waals surface area contributed by atoms with Gasteiger partial charge in [-0.05, 0) is 31.8 Å². The molecule has 0 radical (unpaired) electrons. The SMILES string of the molecule is CCCCCC(=O)C(=O)C=CCCCCCCCCC(=O)O. The number of carboxylic acids is 1. The van der Waals surface area contributed by atoms with E-state index in [0.717, 1.165) is 64.2 Å². The number of carboxylic acid groups (broad SMARTS) is 1. The highest BCUT2D eigenvalue weighted by molar-refractivity contribution is 6.41. The number of allylic oxidation sites excluding steroid dienone is 2. The Labute approximate surface area is 134 Å². The van der Waals surface area contributed by atoms with E-state index in [4.69, 9.17) is 5.11 Å². The standard InChI is InChI=1S/C18H30O4/c1-2-3-10-13-16(19)17(20)14-11-8-6-4-5-7-9-12-15-18(21)22/h11,14H,2-10,12-13,15H2,1H3,(H,21,22). The van der Waals surface area contributed by atoms with Crippen LogP contribution in [0, 0.1) is 0 Å². The average Bonchev–Trinajstić information content (AvgIpc) is 2.48. The van der Waals surface area contributed by atoms with Crippen LogP contribution in [0.25, 0.3) is 0 Å². The number of carbonyl (C=O) groups is 3. The van der Waals surface area contributed by atoms with Crippen molar-refractivity contribution in [1.29, 1.82) is 0 Å². The molecule has 22 heavy (non-hydrogen) atoms.